The van der Waals surface area contributed by atoms with Crippen molar-refractivity contribution in [3.8, 4) is 78.8 Å². The molecule has 8 aromatic carbocycles. The molecule has 0 radical (unpaired) electrons. The van der Waals surface area contributed by atoms with Gasteiger partial charge in [0.25, 0.3) is 0 Å². The maximum atomic E-state index is 5.49. The van der Waals surface area contributed by atoms with Crippen molar-refractivity contribution in [2.24, 2.45) is 0 Å². The van der Waals surface area contributed by atoms with Crippen LogP contribution >= 0.6 is 0 Å². The molecular formula is C55H38N4. The van der Waals surface area contributed by atoms with E-state index in [-0.39, 0.29) is 5.41 Å². The van der Waals surface area contributed by atoms with Crippen LogP contribution in [0.25, 0.3) is 100 Å². The van der Waals surface area contributed by atoms with Crippen LogP contribution in [0.5, 0.6) is 0 Å². The zero-order chi connectivity index (χ0) is 39.5. The Morgan fingerprint density at radius 1 is 0.322 bits per heavy atom. The molecule has 0 fully saturated rings. The van der Waals surface area contributed by atoms with Gasteiger partial charge in [-0.25, -0.2) is 19.9 Å². The number of benzene rings is 8. The fraction of sp³-hybridized carbons (Fsp3) is 0.0545. The van der Waals surface area contributed by atoms with E-state index in [0.717, 1.165) is 71.9 Å². The van der Waals surface area contributed by atoms with Crippen LogP contribution in [0.4, 0.5) is 0 Å². The predicted octanol–water partition coefficient (Wildman–Crippen LogP) is 13.9. The summed E-state index contributed by atoms with van der Waals surface area (Å²) in [7, 11) is 0. The van der Waals surface area contributed by atoms with E-state index in [1.807, 2.05) is 18.2 Å². The van der Waals surface area contributed by atoms with Crippen LogP contribution in [0.2, 0.25) is 0 Å². The van der Waals surface area contributed by atoms with Gasteiger partial charge in [0.05, 0.1) is 11.2 Å². The molecule has 0 saturated heterocycles. The van der Waals surface area contributed by atoms with Crippen LogP contribution in [0.15, 0.2) is 194 Å². The first-order valence-electron chi connectivity index (χ1n) is 20.1. The summed E-state index contributed by atoms with van der Waals surface area (Å²) in [5, 5.41) is 3.34. The average molecular weight is 755 g/mol. The number of fused-ring (bicyclic) bond motifs is 5. The van der Waals surface area contributed by atoms with Crippen LogP contribution < -0.4 is 0 Å². The second-order valence-electron chi connectivity index (χ2n) is 15.8. The monoisotopic (exact) mass is 754 g/mol. The fourth-order valence-electron chi connectivity index (χ4n) is 8.96. The Morgan fingerprint density at radius 2 is 0.898 bits per heavy atom. The average Bonchev–Trinajstić information content (AvgIpc) is 3.53. The predicted molar refractivity (Wildman–Crippen MR) is 243 cm³/mol. The molecule has 0 aliphatic heterocycles. The van der Waals surface area contributed by atoms with E-state index in [2.05, 4.69) is 190 Å². The standard InChI is InChI=1S/C55H38N4/c1-55(2)48-30-14-13-27-42(48)46-32-47-45(33-50(56-51(47)34-49(46)55)43-28-12-11-25-40(43)35-17-5-3-6-18-35)38-23-15-24-39(31-38)53-57-52(37-20-7-4-8-21-37)58-54(59-53)44-29-16-22-36-19-9-10-26-41(36)44/h3-34H,1-2H3. The summed E-state index contributed by atoms with van der Waals surface area (Å²) in [6, 6.07) is 68.5. The number of rotatable bonds is 6. The normalized spacial score (nSPS) is 12.7. The highest BCUT2D eigenvalue weighted by Gasteiger charge is 2.36. The Kier molecular flexibility index (Phi) is 8.12. The zero-order valence-corrected chi connectivity index (χ0v) is 32.8. The van der Waals surface area contributed by atoms with Gasteiger partial charge in [0.1, 0.15) is 0 Å². The number of aromatic nitrogens is 4. The molecular weight excluding hydrogens is 717 g/mol. The first kappa shape index (κ1) is 34.7. The first-order chi connectivity index (χ1) is 29.0. The highest BCUT2D eigenvalue weighted by molar-refractivity contribution is 6.03. The van der Waals surface area contributed by atoms with Crippen molar-refractivity contribution in [1.82, 2.24) is 19.9 Å². The summed E-state index contributed by atoms with van der Waals surface area (Å²) in [6.07, 6.45) is 0. The van der Waals surface area contributed by atoms with Gasteiger partial charge in [-0.3, -0.25) is 0 Å². The van der Waals surface area contributed by atoms with E-state index in [1.54, 1.807) is 0 Å². The third kappa shape index (κ3) is 5.92. The molecule has 2 aromatic heterocycles. The quantitative estimate of drug-likeness (QED) is 0.170. The molecule has 0 saturated carbocycles. The summed E-state index contributed by atoms with van der Waals surface area (Å²) in [5.74, 6) is 1.89. The summed E-state index contributed by atoms with van der Waals surface area (Å²) in [5.41, 5.74) is 15.3. The van der Waals surface area contributed by atoms with E-state index in [4.69, 9.17) is 19.9 Å². The molecule has 4 nitrogen and oxygen atoms in total. The lowest BCUT2D eigenvalue weighted by molar-refractivity contribution is 0.661. The van der Waals surface area contributed by atoms with Crippen LogP contribution in [0.1, 0.15) is 25.0 Å². The lowest BCUT2D eigenvalue weighted by Crippen LogP contribution is -2.14. The Bertz CT molecular complexity index is 3240. The lowest BCUT2D eigenvalue weighted by Gasteiger charge is -2.22. The summed E-state index contributed by atoms with van der Waals surface area (Å²) in [6.45, 7) is 4.65. The van der Waals surface area contributed by atoms with E-state index in [0.29, 0.717) is 17.5 Å². The SMILES string of the molecule is CC1(C)c2ccccc2-c2cc3c(-c4cccc(-c5nc(-c6ccccc6)nc(-c6cccc7ccccc67)n5)c4)cc(-c4ccccc4-c4ccccc4)nc3cc21. The number of pyridine rings is 1. The minimum atomic E-state index is -0.156. The van der Waals surface area contributed by atoms with Crippen molar-refractivity contribution >= 4 is 21.7 Å². The Labute approximate surface area is 343 Å². The van der Waals surface area contributed by atoms with Crippen LogP contribution in [-0.2, 0) is 5.41 Å². The van der Waals surface area contributed by atoms with Gasteiger partial charge in [0.15, 0.2) is 17.5 Å². The Balaban J connectivity index is 1.14. The van der Waals surface area contributed by atoms with E-state index in [9.17, 15) is 0 Å². The van der Waals surface area contributed by atoms with Gasteiger partial charge in [-0.1, -0.05) is 184 Å². The third-order valence-electron chi connectivity index (χ3n) is 11.9. The molecule has 0 atom stereocenters. The van der Waals surface area contributed by atoms with Crippen molar-refractivity contribution in [2.45, 2.75) is 19.3 Å². The molecule has 0 spiro atoms. The smallest absolute Gasteiger partial charge is 0.164 e. The van der Waals surface area contributed by atoms with Crippen molar-refractivity contribution in [1.29, 1.82) is 0 Å². The van der Waals surface area contributed by atoms with Gasteiger partial charge in [-0.15, -0.1) is 0 Å². The van der Waals surface area contributed by atoms with Crippen LogP contribution in [-0.4, -0.2) is 19.9 Å². The van der Waals surface area contributed by atoms with Gasteiger partial charge in [-0.05, 0) is 79.5 Å². The number of nitrogens with zero attached hydrogens (tertiary/aromatic N) is 4. The third-order valence-corrected chi connectivity index (χ3v) is 11.9. The topological polar surface area (TPSA) is 51.6 Å². The summed E-state index contributed by atoms with van der Waals surface area (Å²) < 4.78 is 0. The molecule has 1 aliphatic rings. The molecule has 2 heterocycles. The number of hydrogen-bond acceptors (Lipinski definition) is 4. The lowest BCUT2D eigenvalue weighted by atomic mass is 9.82. The first-order valence-corrected chi connectivity index (χ1v) is 20.1. The largest absolute Gasteiger partial charge is 0.248 e. The minimum absolute atomic E-state index is 0.156. The van der Waals surface area contributed by atoms with Crippen molar-refractivity contribution < 1.29 is 0 Å². The molecule has 278 valence electrons. The Morgan fingerprint density at radius 3 is 1.71 bits per heavy atom. The molecule has 0 bridgehead atoms. The maximum absolute atomic E-state index is 5.49. The second-order valence-corrected chi connectivity index (χ2v) is 15.8. The van der Waals surface area contributed by atoms with E-state index >= 15 is 0 Å². The molecule has 1 aliphatic carbocycles. The van der Waals surface area contributed by atoms with Gasteiger partial charge >= 0.3 is 0 Å². The number of hydrogen-bond donors (Lipinski definition) is 0. The highest BCUT2D eigenvalue weighted by atomic mass is 15.0. The molecule has 0 unspecified atom stereocenters. The second kappa shape index (κ2) is 13.8. The van der Waals surface area contributed by atoms with Crippen molar-refractivity contribution in [3.63, 3.8) is 0 Å². The van der Waals surface area contributed by atoms with E-state index in [1.165, 1.54) is 22.3 Å². The summed E-state index contributed by atoms with van der Waals surface area (Å²) >= 11 is 0. The summed E-state index contributed by atoms with van der Waals surface area (Å²) in [4.78, 5) is 20.9. The van der Waals surface area contributed by atoms with Crippen molar-refractivity contribution in [2.75, 3.05) is 0 Å². The van der Waals surface area contributed by atoms with Gasteiger partial charge in [-0.2, -0.15) is 0 Å². The van der Waals surface area contributed by atoms with Crippen LogP contribution in [0.3, 0.4) is 0 Å². The van der Waals surface area contributed by atoms with Gasteiger partial charge < -0.3 is 0 Å². The minimum Gasteiger partial charge on any atom is -0.248 e. The fourth-order valence-corrected chi connectivity index (χ4v) is 8.96. The molecule has 10 aromatic rings. The molecule has 11 rings (SSSR count). The maximum Gasteiger partial charge on any atom is 0.164 e. The highest BCUT2D eigenvalue weighted by Crippen LogP contribution is 2.51. The van der Waals surface area contributed by atoms with Crippen LogP contribution in [0, 0.1) is 0 Å². The van der Waals surface area contributed by atoms with Gasteiger partial charge in [0, 0.05) is 33.1 Å². The Hall–Kier alpha value is -7.56. The molecule has 59 heavy (non-hydrogen) atoms. The molecule has 0 N–H and O–H groups in total. The van der Waals surface area contributed by atoms with Gasteiger partial charge in [0.2, 0.25) is 0 Å². The molecule has 4 heteroatoms. The van der Waals surface area contributed by atoms with Crippen molar-refractivity contribution in [3.05, 3.63) is 205 Å². The van der Waals surface area contributed by atoms with E-state index < -0.39 is 0 Å². The zero-order valence-electron chi connectivity index (χ0n) is 32.8. The molecule has 0 amide bonds.